The first-order valence-electron chi connectivity index (χ1n) is 7.45. The zero-order valence-electron chi connectivity index (χ0n) is 14.7. The van der Waals surface area contributed by atoms with Crippen molar-refractivity contribution in [1.29, 1.82) is 0 Å². The van der Waals surface area contributed by atoms with Crippen molar-refractivity contribution in [2.45, 2.75) is 0 Å². The Balaban J connectivity index is 2.43. The molecule has 0 saturated heterocycles. The van der Waals surface area contributed by atoms with Crippen molar-refractivity contribution in [1.82, 2.24) is 0 Å². The number of anilines is 1. The van der Waals surface area contributed by atoms with E-state index < -0.39 is 11.9 Å². The van der Waals surface area contributed by atoms with E-state index in [2.05, 4.69) is 10.1 Å². The van der Waals surface area contributed by atoms with Gasteiger partial charge in [-0.05, 0) is 18.2 Å². The van der Waals surface area contributed by atoms with Gasteiger partial charge in [0.15, 0.2) is 0 Å². The van der Waals surface area contributed by atoms with E-state index in [1.807, 2.05) is 0 Å². The molecule has 0 saturated carbocycles. The highest BCUT2D eigenvalue weighted by Gasteiger charge is 2.21. The maximum atomic E-state index is 12.7. The summed E-state index contributed by atoms with van der Waals surface area (Å²) >= 11 is 6.20. The molecule has 0 aliphatic heterocycles. The minimum Gasteiger partial charge on any atom is -0.496 e. The first kappa shape index (κ1) is 19.4. The predicted octanol–water partition coefficient (Wildman–Crippen LogP) is 3.40. The van der Waals surface area contributed by atoms with Crippen LogP contribution in [0, 0.1) is 0 Å². The molecule has 0 bridgehead atoms. The lowest BCUT2D eigenvalue weighted by Gasteiger charge is -2.15. The summed E-state index contributed by atoms with van der Waals surface area (Å²) < 4.78 is 20.3. The van der Waals surface area contributed by atoms with Gasteiger partial charge in [-0.25, -0.2) is 4.79 Å². The zero-order chi connectivity index (χ0) is 19.3. The highest BCUT2D eigenvalue weighted by atomic mass is 35.5. The number of ether oxygens (including phenoxy) is 4. The minimum absolute atomic E-state index is 0.146. The highest BCUT2D eigenvalue weighted by Crippen LogP contribution is 2.34. The van der Waals surface area contributed by atoms with E-state index in [0.29, 0.717) is 11.5 Å². The Labute approximate surface area is 155 Å². The van der Waals surface area contributed by atoms with Crippen LogP contribution in [0.15, 0.2) is 30.3 Å². The molecule has 0 atom stereocenters. The van der Waals surface area contributed by atoms with Crippen LogP contribution < -0.4 is 19.5 Å². The summed E-state index contributed by atoms with van der Waals surface area (Å²) in [6.07, 6.45) is 0. The second-order valence-corrected chi connectivity index (χ2v) is 5.42. The monoisotopic (exact) mass is 379 g/mol. The number of nitrogens with one attached hydrogen (secondary N) is 1. The predicted molar refractivity (Wildman–Crippen MR) is 96.8 cm³/mol. The van der Waals surface area contributed by atoms with Crippen LogP contribution in [0.1, 0.15) is 20.7 Å². The molecular formula is C18H18ClNO6. The van der Waals surface area contributed by atoms with Crippen molar-refractivity contribution in [3.8, 4) is 17.2 Å². The lowest BCUT2D eigenvalue weighted by molar-refractivity contribution is 0.0597. The third-order valence-corrected chi connectivity index (χ3v) is 3.91. The van der Waals surface area contributed by atoms with Crippen molar-refractivity contribution in [2.75, 3.05) is 33.8 Å². The van der Waals surface area contributed by atoms with Crippen LogP contribution >= 0.6 is 11.6 Å². The molecule has 1 N–H and O–H groups in total. The van der Waals surface area contributed by atoms with Crippen molar-refractivity contribution in [3.05, 3.63) is 46.5 Å². The van der Waals surface area contributed by atoms with Gasteiger partial charge in [-0.1, -0.05) is 17.7 Å². The molecule has 2 aromatic rings. The lowest BCUT2D eigenvalue weighted by Crippen LogP contribution is -2.15. The number of benzene rings is 2. The maximum absolute atomic E-state index is 12.7. The number of carbonyl (C=O) groups excluding carboxylic acids is 2. The van der Waals surface area contributed by atoms with E-state index in [0.717, 1.165) is 0 Å². The van der Waals surface area contributed by atoms with Crippen LogP contribution in [0.4, 0.5) is 5.69 Å². The van der Waals surface area contributed by atoms with Gasteiger partial charge >= 0.3 is 5.97 Å². The Morgan fingerprint density at radius 3 is 2.00 bits per heavy atom. The molecule has 138 valence electrons. The third kappa shape index (κ3) is 3.83. The Morgan fingerprint density at radius 1 is 0.923 bits per heavy atom. The fourth-order valence-electron chi connectivity index (χ4n) is 2.35. The second-order valence-electron chi connectivity index (χ2n) is 5.02. The third-order valence-electron chi connectivity index (χ3n) is 3.60. The van der Waals surface area contributed by atoms with Crippen LogP contribution in [-0.2, 0) is 4.74 Å². The lowest BCUT2D eigenvalue weighted by atomic mass is 10.1. The van der Waals surface area contributed by atoms with Crippen molar-refractivity contribution < 1.29 is 28.5 Å². The van der Waals surface area contributed by atoms with E-state index in [4.69, 9.17) is 25.8 Å². The molecule has 2 rings (SSSR count). The smallest absolute Gasteiger partial charge is 0.341 e. The topological polar surface area (TPSA) is 83.1 Å². The van der Waals surface area contributed by atoms with Crippen LogP contribution in [-0.4, -0.2) is 40.3 Å². The SMILES string of the molecule is COC(=O)c1cc(Cl)c(NC(=O)c2c(OC)cccc2OC)cc1OC. The Kier molecular flexibility index (Phi) is 6.30. The Bertz CT molecular complexity index is 814. The van der Waals surface area contributed by atoms with Crippen molar-refractivity contribution in [2.24, 2.45) is 0 Å². The van der Waals surface area contributed by atoms with E-state index in [9.17, 15) is 9.59 Å². The van der Waals surface area contributed by atoms with Gasteiger partial charge in [0.1, 0.15) is 28.4 Å². The quantitative estimate of drug-likeness (QED) is 0.774. The van der Waals surface area contributed by atoms with Gasteiger partial charge in [-0.3, -0.25) is 4.79 Å². The number of halogens is 1. The summed E-state index contributed by atoms with van der Waals surface area (Å²) in [5.74, 6) is -0.196. The summed E-state index contributed by atoms with van der Waals surface area (Å²) in [5, 5.41) is 2.82. The number of hydrogen-bond donors (Lipinski definition) is 1. The van der Waals surface area contributed by atoms with Gasteiger partial charge in [0.2, 0.25) is 0 Å². The molecule has 0 aromatic heterocycles. The molecule has 1 amide bonds. The molecule has 0 radical (unpaired) electrons. The molecule has 0 unspecified atom stereocenters. The molecule has 0 fully saturated rings. The van der Waals surface area contributed by atoms with E-state index >= 15 is 0 Å². The van der Waals surface area contributed by atoms with Crippen molar-refractivity contribution >= 4 is 29.2 Å². The number of methoxy groups -OCH3 is 4. The molecule has 0 aliphatic carbocycles. The Hall–Kier alpha value is -2.93. The average Bonchev–Trinajstić information content (AvgIpc) is 2.67. The van der Waals surface area contributed by atoms with Gasteiger partial charge in [-0.15, -0.1) is 0 Å². The van der Waals surface area contributed by atoms with Crippen molar-refractivity contribution in [3.63, 3.8) is 0 Å². The number of carbonyl (C=O) groups is 2. The zero-order valence-corrected chi connectivity index (χ0v) is 15.5. The van der Waals surface area contributed by atoms with Crippen LogP contribution in [0.25, 0.3) is 0 Å². The molecule has 8 heteroatoms. The first-order chi connectivity index (χ1) is 12.5. The fourth-order valence-corrected chi connectivity index (χ4v) is 2.56. The van der Waals surface area contributed by atoms with Gasteiger partial charge in [0.05, 0.1) is 39.1 Å². The van der Waals surface area contributed by atoms with Crippen LogP contribution in [0.2, 0.25) is 5.02 Å². The fraction of sp³-hybridized carbons (Fsp3) is 0.222. The van der Waals surface area contributed by atoms with Gasteiger partial charge < -0.3 is 24.3 Å². The second kappa shape index (κ2) is 8.44. The normalized spacial score (nSPS) is 10.0. The number of amides is 1. The summed E-state index contributed by atoms with van der Waals surface area (Å²) in [5.41, 5.74) is 0.617. The van der Waals surface area contributed by atoms with Crippen LogP contribution in [0.5, 0.6) is 17.2 Å². The molecule has 0 heterocycles. The molecule has 26 heavy (non-hydrogen) atoms. The first-order valence-corrected chi connectivity index (χ1v) is 7.82. The number of hydrogen-bond acceptors (Lipinski definition) is 6. The summed E-state index contributed by atoms with van der Waals surface area (Å²) in [6.45, 7) is 0. The summed E-state index contributed by atoms with van der Waals surface area (Å²) in [6, 6.07) is 7.78. The van der Waals surface area contributed by atoms with Gasteiger partial charge in [0.25, 0.3) is 5.91 Å². The summed E-state index contributed by atoms with van der Waals surface area (Å²) in [4.78, 5) is 24.5. The molecule has 0 spiro atoms. The molecule has 0 aliphatic rings. The van der Waals surface area contributed by atoms with Gasteiger partial charge in [0, 0.05) is 6.07 Å². The minimum atomic E-state index is -0.604. The average molecular weight is 380 g/mol. The van der Waals surface area contributed by atoms with E-state index in [1.165, 1.54) is 40.6 Å². The maximum Gasteiger partial charge on any atom is 0.341 e. The van der Waals surface area contributed by atoms with Gasteiger partial charge in [-0.2, -0.15) is 0 Å². The molecule has 2 aromatic carbocycles. The Morgan fingerprint density at radius 2 is 1.50 bits per heavy atom. The van der Waals surface area contributed by atoms with E-state index in [1.54, 1.807) is 18.2 Å². The molecular weight excluding hydrogens is 362 g/mol. The summed E-state index contributed by atoms with van der Waals surface area (Å²) in [7, 11) is 5.54. The molecule has 7 nitrogen and oxygen atoms in total. The largest absolute Gasteiger partial charge is 0.496 e. The van der Waals surface area contributed by atoms with E-state index in [-0.39, 0.29) is 27.6 Å². The number of rotatable bonds is 6. The number of esters is 1. The standard InChI is InChI=1S/C18H18ClNO6/c1-23-13-6-5-7-14(24-2)16(13)17(21)20-12-9-15(25-3)10(8-11(12)19)18(22)26-4/h5-9H,1-4H3,(H,20,21). The van der Waals surface area contributed by atoms with Crippen LogP contribution in [0.3, 0.4) is 0 Å². The highest BCUT2D eigenvalue weighted by molar-refractivity contribution is 6.34.